The molecule has 0 unspecified atom stereocenters. The van der Waals surface area contributed by atoms with Gasteiger partial charge in [0.25, 0.3) is 0 Å². The molecule has 0 amide bonds. The molecule has 0 bridgehead atoms. The third-order valence-corrected chi connectivity index (χ3v) is 5.27. The summed E-state index contributed by atoms with van der Waals surface area (Å²) in [6.45, 7) is 10.9. The quantitative estimate of drug-likeness (QED) is 0.815. The van der Waals surface area contributed by atoms with Gasteiger partial charge in [0.1, 0.15) is 18.5 Å². The number of nitrogens with zero attached hydrogens (tertiary/aromatic N) is 2. The van der Waals surface area contributed by atoms with E-state index >= 15 is 0 Å². The highest BCUT2D eigenvalue weighted by Crippen LogP contribution is 2.25. The van der Waals surface area contributed by atoms with Gasteiger partial charge in [-0.25, -0.2) is 0 Å². The van der Waals surface area contributed by atoms with E-state index in [-0.39, 0.29) is 0 Å². The Morgan fingerprint density at radius 3 is 2.33 bits per heavy atom. The van der Waals surface area contributed by atoms with Crippen LogP contribution < -0.4 is 9.64 Å². The predicted octanol–water partition coefficient (Wildman–Crippen LogP) is 3.83. The lowest BCUT2D eigenvalue weighted by molar-refractivity contribution is 0.0658. The molecule has 1 atom stereocenters. The lowest BCUT2D eigenvalue weighted by Crippen LogP contribution is -2.49. The van der Waals surface area contributed by atoms with E-state index in [1.165, 1.54) is 5.56 Å². The molecule has 0 radical (unpaired) electrons. The van der Waals surface area contributed by atoms with E-state index in [0.29, 0.717) is 13.2 Å². The van der Waals surface area contributed by atoms with Gasteiger partial charge in [-0.2, -0.15) is 0 Å². The van der Waals surface area contributed by atoms with E-state index < -0.39 is 6.10 Å². The maximum Gasteiger partial charge on any atom is 0.125 e. The zero-order valence-corrected chi connectivity index (χ0v) is 17.2. The van der Waals surface area contributed by atoms with Crippen molar-refractivity contribution in [2.24, 2.45) is 0 Å². The molecule has 1 N–H and O–H groups in total. The number of aryl methyl sites for hydroxylation is 3. The molecule has 0 aliphatic carbocycles. The van der Waals surface area contributed by atoms with Crippen LogP contribution in [0, 0.1) is 20.8 Å². The second-order valence-corrected chi connectivity index (χ2v) is 7.90. The number of rotatable bonds is 6. The smallest absolute Gasteiger partial charge is 0.125 e. The first kappa shape index (κ1) is 20.0. The first-order valence-corrected chi connectivity index (χ1v) is 9.92. The van der Waals surface area contributed by atoms with Gasteiger partial charge in [-0.15, -0.1) is 0 Å². The topological polar surface area (TPSA) is 35.9 Å². The molecular formula is C22H29ClN2O2. The fourth-order valence-electron chi connectivity index (χ4n) is 3.79. The standard InChI is InChI=1S/C22H29ClN2O2/c1-16-11-17(2)22(18(3)12-16)27-15-21(26)14-24-7-9-25(10-8-24)20-6-4-5-19(23)13-20/h4-6,11-13,21,26H,7-10,14-15H2,1-3H3/t21-/m0/s1. The van der Waals surface area contributed by atoms with Crippen LogP contribution in [0.2, 0.25) is 5.02 Å². The molecule has 1 fully saturated rings. The fraction of sp³-hybridized carbons (Fsp3) is 0.455. The van der Waals surface area contributed by atoms with Crippen molar-refractivity contribution >= 4 is 17.3 Å². The zero-order chi connectivity index (χ0) is 19.4. The van der Waals surface area contributed by atoms with E-state index in [1.807, 2.05) is 18.2 Å². The molecular weight excluding hydrogens is 360 g/mol. The Kier molecular flexibility index (Phi) is 6.64. The molecule has 3 rings (SSSR count). The van der Waals surface area contributed by atoms with Gasteiger partial charge in [0.15, 0.2) is 0 Å². The summed E-state index contributed by atoms with van der Waals surface area (Å²) in [5, 5.41) is 11.2. The second kappa shape index (κ2) is 8.96. The summed E-state index contributed by atoms with van der Waals surface area (Å²) < 4.78 is 5.93. The van der Waals surface area contributed by atoms with E-state index in [0.717, 1.165) is 53.8 Å². The second-order valence-electron chi connectivity index (χ2n) is 7.46. The van der Waals surface area contributed by atoms with Crippen molar-refractivity contribution in [3.8, 4) is 5.75 Å². The van der Waals surface area contributed by atoms with Crippen LogP contribution in [0.25, 0.3) is 0 Å². The molecule has 1 aliphatic heterocycles. The van der Waals surface area contributed by atoms with Crippen molar-refractivity contribution in [1.82, 2.24) is 4.90 Å². The van der Waals surface area contributed by atoms with Crippen LogP contribution in [0.3, 0.4) is 0 Å². The lowest BCUT2D eigenvalue weighted by Gasteiger charge is -2.37. The summed E-state index contributed by atoms with van der Waals surface area (Å²) in [5.41, 5.74) is 4.64. The molecule has 4 nitrogen and oxygen atoms in total. The molecule has 1 aliphatic rings. The maximum atomic E-state index is 10.4. The Morgan fingerprint density at radius 1 is 1.04 bits per heavy atom. The average molecular weight is 389 g/mol. The average Bonchev–Trinajstić information content (AvgIpc) is 2.61. The van der Waals surface area contributed by atoms with E-state index in [9.17, 15) is 5.11 Å². The number of benzene rings is 2. The SMILES string of the molecule is Cc1cc(C)c(OC[C@@H](O)CN2CCN(c3cccc(Cl)c3)CC2)c(C)c1. The van der Waals surface area contributed by atoms with Crippen molar-refractivity contribution < 1.29 is 9.84 Å². The van der Waals surface area contributed by atoms with Gasteiger partial charge in [-0.3, -0.25) is 4.90 Å². The summed E-state index contributed by atoms with van der Waals surface area (Å²) >= 11 is 6.09. The molecule has 5 heteroatoms. The van der Waals surface area contributed by atoms with Gasteiger partial charge in [0, 0.05) is 43.4 Å². The Morgan fingerprint density at radius 2 is 1.70 bits per heavy atom. The number of anilines is 1. The minimum Gasteiger partial charge on any atom is -0.490 e. The van der Waals surface area contributed by atoms with Crippen molar-refractivity contribution in [3.63, 3.8) is 0 Å². The number of piperazine rings is 1. The Balaban J connectivity index is 1.46. The van der Waals surface area contributed by atoms with Crippen LogP contribution in [0.15, 0.2) is 36.4 Å². The molecule has 1 heterocycles. The van der Waals surface area contributed by atoms with Crippen molar-refractivity contribution in [1.29, 1.82) is 0 Å². The van der Waals surface area contributed by atoms with Crippen molar-refractivity contribution in [3.05, 3.63) is 58.1 Å². The minimum absolute atomic E-state index is 0.319. The van der Waals surface area contributed by atoms with Gasteiger partial charge < -0.3 is 14.7 Å². The molecule has 0 aromatic heterocycles. The number of halogens is 1. The zero-order valence-electron chi connectivity index (χ0n) is 16.4. The molecule has 146 valence electrons. The predicted molar refractivity (Wildman–Crippen MR) is 112 cm³/mol. The first-order valence-electron chi connectivity index (χ1n) is 9.54. The van der Waals surface area contributed by atoms with E-state index in [2.05, 4.69) is 48.8 Å². The summed E-state index contributed by atoms with van der Waals surface area (Å²) in [7, 11) is 0. The minimum atomic E-state index is -0.497. The van der Waals surface area contributed by atoms with Crippen LogP contribution in [-0.4, -0.2) is 55.4 Å². The van der Waals surface area contributed by atoms with Crippen LogP contribution in [0.1, 0.15) is 16.7 Å². The number of aliphatic hydroxyl groups is 1. The monoisotopic (exact) mass is 388 g/mol. The highest BCUT2D eigenvalue weighted by molar-refractivity contribution is 6.30. The van der Waals surface area contributed by atoms with Crippen LogP contribution in [0.5, 0.6) is 5.75 Å². The summed E-state index contributed by atoms with van der Waals surface area (Å²) in [6, 6.07) is 12.2. The van der Waals surface area contributed by atoms with Gasteiger partial charge >= 0.3 is 0 Å². The summed E-state index contributed by atoms with van der Waals surface area (Å²) in [6.07, 6.45) is -0.497. The molecule has 2 aromatic rings. The highest BCUT2D eigenvalue weighted by Gasteiger charge is 2.20. The number of β-amino-alcohol motifs (C(OH)–C–C–N with tert-alkyl or cyclic N) is 1. The highest BCUT2D eigenvalue weighted by atomic mass is 35.5. The van der Waals surface area contributed by atoms with Gasteiger partial charge in [-0.1, -0.05) is 35.4 Å². The van der Waals surface area contributed by atoms with Crippen molar-refractivity contribution in [2.75, 3.05) is 44.2 Å². The number of hydrogen-bond acceptors (Lipinski definition) is 4. The molecule has 2 aromatic carbocycles. The lowest BCUT2D eigenvalue weighted by atomic mass is 10.1. The Bertz CT molecular complexity index is 750. The van der Waals surface area contributed by atoms with Gasteiger partial charge in [0.05, 0.1) is 0 Å². The molecule has 27 heavy (non-hydrogen) atoms. The first-order chi connectivity index (χ1) is 12.9. The third kappa shape index (κ3) is 5.38. The Hall–Kier alpha value is -1.75. The van der Waals surface area contributed by atoms with Crippen molar-refractivity contribution in [2.45, 2.75) is 26.9 Å². The largest absolute Gasteiger partial charge is 0.490 e. The fourth-order valence-corrected chi connectivity index (χ4v) is 3.97. The van der Waals surface area contributed by atoms with Gasteiger partial charge in [0.2, 0.25) is 0 Å². The van der Waals surface area contributed by atoms with Gasteiger partial charge in [-0.05, 0) is 50.1 Å². The third-order valence-electron chi connectivity index (χ3n) is 5.04. The van der Waals surface area contributed by atoms with E-state index in [1.54, 1.807) is 0 Å². The van der Waals surface area contributed by atoms with Crippen LogP contribution in [0.4, 0.5) is 5.69 Å². The molecule has 1 saturated heterocycles. The molecule has 0 saturated carbocycles. The number of hydrogen-bond donors (Lipinski definition) is 1. The summed E-state index contributed by atoms with van der Waals surface area (Å²) in [4.78, 5) is 4.63. The van der Waals surface area contributed by atoms with Crippen LogP contribution in [-0.2, 0) is 0 Å². The maximum absolute atomic E-state index is 10.4. The Labute approximate surface area is 167 Å². The number of ether oxygens (including phenoxy) is 1. The van der Waals surface area contributed by atoms with E-state index in [4.69, 9.17) is 16.3 Å². The number of aliphatic hydroxyl groups excluding tert-OH is 1. The van der Waals surface area contributed by atoms with Crippen LogP contribution >= 0.6 is 11.6 Å². The molecule has 0 spiro atoms. The summed E-state index contributed by atoms with van der Waals surface area (Å²) in [5.74, 6) is 0.894. The normalized spacial score (nSPS) is 16.4.